The Hall–Kier alpha value is -3.26. The first kappa shape index (κ1) is 16.2. The van der Waals surface area contributed by atoms with Crippen molar-refractivity contribution in [3.63, 3.8) is 0 Å². The van der Waals surface area contributed by atoms with Crippen LogP contribution < -0.4 is 10.6 Å². The van der Waals surface area contributed by atoms with Crippen molar-refractivity contribution in [3.05, 3.63) is 55.0 Å². The van der Waals surface area contributed by atoms with Gasteiger partial charge in [-0.25, -0.2) is 14.5 Å². The van der Waals surface area contributed by atoms with Gasteiger partial charge < -0.3 is 5.32 Å². The number of pyridine rings is 1. The van der Waals surface area contributed by atoms with Crippen molar-refractivity contribution in [1.82, 2.24) is 25.1 Å². The van der Waals surface area contributed by atoms with Crippen molar-refractivity contribution in [2.45, 2.75) is 6.92 Å². The summed E-state index contributed by atoms with van der Waals surface area (Å²) in [6, 6.07) is 11.4. The Morgan fingerprint density at radius 1 is 1.23 bits per heavy atom. The number of carbonyl (C=O) groups excluding carboxylic acids is 1. The van der Waals surface area contributed by atoms with Gasteiger partial charge in [0.2, 0.25) is 0 Å². The van der Waals surface area contributed by atoms with E-state index in [-0.39, 0.29) is 6.03 Å². The van der Waals surface area contributed by atoms with E-state index < -0.39 is 0 Å². The fraction of sp³-hybridized carbons (Fsp3) is 0.111. The van der Waals surface area contributed by atoms with Crippen LogP contribution in [-0.2, 0) is 0 Å². The lowest BCUT2D eigenvalue weighted by Crippen LogP contribution is -2.28. The molecule has 0 saturated carbocycles. The van der Waals surface area contributed by atoms with Crippen LogP contribution in [0.5, 0.6) is 0 Å². The highest BCUT2D eigenvalue weighted by Crippen LogP contribution is 2.36. The van der Waals surface area contributed by atoms with Gasteiger partial charge in [-0.05, 0) is 37.3 Å². The van der Waals surface area contributed by atoms with E-state index in [1.54, 1.807) is 17.1 Å². The number of nitrogens with one attached hydrogen (secondary N) is 2. The number of fused-ring (bicyclic) bond motifs is 1. The lowest BCUT2D eigenvalue weighted by Gasteiger charge is -2.06. The van der Waals surface area contributed by atoms with Gasteiger partial charge >= 0.3 is 6.03 Å². The van der Waals surface area contributed by atoms with Crippen LogP contribution in [0.1, 0.15) is 6.92 Å². The number of thiazole rings is 1. The molecule has 0 saturated heterocycles. The second-order valence-corrected chi connectivity index (χ2v) is 6.51. The number of hydrogen-bond donors (Lipinski definition) is 2. The summed E-state index contributed by atoms with van der Waals surface area (Å²) in [5, 5.41) is 10.3. The maximum absolute atomic E-state index is 11.8. The fourth-order valence-corrected chi connectivity index (χ4v) is 3.60. The highest BCUT2D eigenvalue weighted by Gasteiger charge is 2.15. The summed E-state index contributed by atoms with van der Waals surface area (Å²) >= 11 is 1.43. The van der Waals surface area contributed by atoms with Crippen molar-refractivity contribution in [2.75, 3.05) is 11.9 Å². The molecule has 3 aromatic heterocycles. The number of carbonyl (C=O) groups is 1. The summed E-state index contributed by atoms with van der Waals surface area (Å²) in [6.07, 6.45) is 5.37. The van der Waals surface area contributed by atoms with Gasteiger partial charge in [-0.15, -0.1) is 0 Å². The zero-order chi connectivity index (χ0) is 17.9. The monoisotopic (exact) mass is 364 g/mol. The number of aromatic nitrogens is 4. The molecule has 130 valence electrons. The van der Waals surface area contributed by atoms with Gasteiger partial charge in [-0.2, -0.15) is 5.10 Å². The lowest BCUT2D eigenvalue weighted by molar-refractivity contribution is 0.252. The number of urea groups is 1. The quantitative estimate of drug-likeness (QED) is 0.578. The van der Waals surface area contributed by atoms with Crippen molar-refractivity contribution in [3.8, 4) is 16.9 Å². The molecule has 0 aliphatic rings. The second kappa shape index (κ2) is 6.93. The molecule has 0 atom stereocenters. The van der Waals surface area contributed by atoms with Gasteiger partial charge in [0, 0.05) is 30.7 Å². The standard InChI is InChI=1S/C18H16N6OS/c1-2-19-17(25)23-18-22-15-11-12(24-9-5-8-21-24)10-13(16(15)26-18)14-6-3-4-7-20-14/h3-11H,2H2,1H3,(H2,19,22,23,25). The first-order valence-electron chi connectivity index (χ1n) is 8.15. The Kier molecular flexibility index (Phi) is 4.32. The zero-order valence-electron chi connectivity index (χ0n) is 14.0. The van der Waals surface area contributed by atoms with Crippen LogP contribution in [0.25, 0.3) is 27.2 Å². The molecule has 4 aromatic rings. The number of rotatable bonds is 4. The highest BCUT2D eigenvalue weighted by atomic mass is 32.1. The molecular formula is C18H16N6OS. The van der Waals surface area contributed by atoms with Gasteiger partial charge in [0.05, 0.1) is 21.6 Å². The molecule has 4 rings (SSSR count). The minimum absolute atomic E-state index is 0.266. The average molecular weight is 364 g/mol. The summed E-state index contributed by atoms with van der Waals surface area (Å²) < 4.78 is 2.74. The molecule has 8 heteroatoms. The maximum Gasteiger partial charge on any atom is 0.321 e. The van der Waals surface area contributed by atoms with E-state index >= 15 is 0 Å². The minimum Gasteiger partial charge on any atom is -0.338 e. The number of amides is 2. The number of hydrogen-bond acceptors (Lipinski definition) is 5. The van der Waals surface area contributed by atoms with Gasteiger partial charge in [0.15, 0.2) is 5.13 Å². The number of nitrogens with zero attached hydrogens (tertiary/aromatic N) is 4. The molecule has 0 bridgehead atoms. The third-order valence-corrected chi connectivity index (χ3v) is 4.76. The van der Waals surface area contributed by atoms with Crippen LogP contribution in [0.3, 0.4) is 0 Å². The first-order valence-corrected chi connectivity index (χ1v) is 8.97. The zero-order valence-corrected chi connectivity index (χ0v) is 14.8. The molecule has 0 fully saturated rings. The van der Waals surface area contributed by atoms with Crippen LogP contribution >= 0.6 is 11.3 Å². The van der Waals surface area contributed by atoms with Gasteiger partial charge in [-0.1, -0.05) is 17.4 Å². The molecule has 2 N–H and O–H groups in total. The van der Waals surface area contributed by atoms with Crippen LogP contribution in [0.2, 0.25) is 0 Å². The van der Waals surface area contributed by atoms with Crippen LogP contribution in [0.15, 0.2) is 55.0 Å². The minimum atomic E-state index is -0.266. The van der Waals surface area contributed by atoms with Gasteiger partial charge in [-0.3, -0.25) is 10.3 Å². The van der Waals surface area contributed by atoms with Crippen molar-refractivity contribution in [1.29, 1.82) is 0 Å². The molecule has 2 amide bonds. The van der Waals surface area contributed by atoms with Crippen molar-refractivity contribution in [2.24, 2.45) is 0 Å². The van der Waals surface area contributed by atoms with E-state index in [1.165, 1.54) is 11.3 Å². The summed E-state index contributed by atoms with van der Waals surface area (Å²) in [5.41, 5.74) is 3.48. The Balaban J connectivity index is 1.86. The molecule has 1 aromatic carbocycles. The van der Waals surface area contributed by atoms with E-state index in [4.69, 9.17) is 0 Å². The summed E-state index contributed by atoms with van der Waals surface area (Å²) in [6.45, 7) is 2.42. The Bertz CT molecular complexity index is 1040. The predicted octanol–water partition coefficient (Wildman–Crippen LogP) is 3.69. The van der Waals surface area contributed by atoms with Crippen LogP contribution in [-0.4, -0.2) is 32.3 Å². The molecule has 26 heavy (non-hydrogen) atoms. The highest BCUT2D eigenvalue weighted by molar-refractivity contribution is 7.22. The molecule has 7 nitrogen and oxygen atoms in total. The summed E-state index contributed by atoms with van der Waals surface area (Å²) in [7, 11) is 0. The van der Waals surface area contributed by atoms with E-state index in [1.807, 2.05) is 49.5 Å². The SMILES string of the molecule is CCNC(=O)Nc1nc2cc(-n3cccn3)cc(-c3ccccn3)c2s1. The molecule has 3 heterocycles. The molecule has 0 aliphatic carbocycles. The summed E-state index contributed by atoms with van der Waals surface area (Å²) in [4.78, 5) is 20.9. The van der Waals surface area contributed by atoms with Gasteiger partial charge in [0.25, 0.3) is 0 Å². The normalized spacial score (nSPS) is 10.8. The van der Waals surface area contributed by atoms with Crippen molar-refractivity contribution >= 4 is 32.7 Å². The average Bonchev–Trinajstić information content (AvgIpc) is 3.31. The molecule has 0 radical (unpaired) electrons. The van der Waals surface area contributed by atoms with Crippen LogP contribution in [0.4, 0.5) is 9.93 Å². The lowest BCUT2D eigenvalue weighted by atomic mass is 10.1. The molecular weight excluding hydrogens is 348 g/mol. The molecule has 0 unspecified atom stereocenters. The van der Waals surface area contributed by atoms with Gasteiger partial charge in [0.1, 0.15) is 0 Å². The molecule has 0 spiro atoms. The Labute approximate surface area is 153 Å². The van der Waals surface area contributed by atoms with E-state index in [2.05, 4.69) is 25.7 Å². The largest absolute Gasteiger partial charge is 0.338 e. The Morgan fingerprint density at radius 2 is 2.15 bits per heavy atom. The first-order chi connectivity index (χ1) is 12.7. The van der Waals surface area contributed by atoms with Crippen LogP contribution in [0, 0.1) is 0 Å². The molecule has 0 aliphatic heterocycles. The third-order valence-electron chi connectivity index (χ3n) is 3.74. The smallest absolute Gasteiger partial charge is 0.321 e. The second-order valence-electron chi connectivity index (χ2n) is 5.51. The maximum atomic E-state index is 11.8. The Morgan fingerprint density at radius 3 is 2.88 bits per heavy atom. The summed E-state index contributed by atoms with van der Waals surface area (Å²) in [5.74, 6) is 0. The van der Waals surface area contributed by atoms with Crippen molar-refractivity contribution < 1.29 is 4.79 Å². The third kappa shape index (κ3) is 3.14. The fourth-order valence-electron chi connectivity index (χ4n) is 2.64. The predicted molar refractivity (Wildman–Crippen MR) is 103 cm³/mol. The topological polar surface area (TPSA) is 84.7 Å². The van der Waals surface area contributed by atoms with E-state index in [9.17, 15) is 4.79 Å². The number of benzene rings is 1. The van der Waals surface area contributed by atoms with E-state index in [0.717, 1.165) is 27.2 Å². The van der Waals surface area contributed by atoms with E-state index in [0.29, 0.717) is 11.7 Å². The number of anilines is 1.